The second kappa shape index (κ2) is 8.02. The van der Waals surface area contributed by atoms with E-state index < -0.39 is 10.0 Å². The summed E-state index contributed by atoms with van der Waals surface area (Å²) in [4.78, 5) is 0. The number of hydrogen-bond acceptors (Lipinski definition) is 3. The van der Waals surface area contributed by atoms with E-state index in [2.05, 4.69) is 35.2 Å². The molecule has 0 spiro atoms. The van der Waals surface area contributed by atoms with Gasteiger partial charge in [-0.25, -0.2) is 8.42 Å². The molecular weight excluding hydrogens is 308 g/mol. The zero-order chi connectivity index (χ0) is 16.7. The molecule has 0 radical (unpaired) electrons. The van der Waals surface area contributed by atoms with Gasteiger partial charge in [0.25, 0.3) is 0 Å². The second-order valence-corrected chi connectivity index (χ2v) is 7.54. The highest BCUT2D eigenvalue weighted by atomic mass is 32.2. The molecule has 0 saturated carbocycles. The zero-order valence-corrected chi connectivity index (χ0v) is 14.5. The van der Waals surface area contributed by atoms with E-state index in [0.717, 1.165) is 18.7 Å². The van der Waals surface area contributed by atoms with Gasteiger partial charge in [-0.2, -0.15) is 0 Å². The van der Waals surface area contributed by atoms with Gasteiger partial charge < -0.3 is 5.32 Å². The van der Waals surface area contributed by atoms with Crippen LogP contribution in [0.4, 0.5) is 11.4 Å². The number of sulfonamides is 1. The minimum Gasteiger partial charge on any atom is -0.381 e. The fourth-order valence-corrected chi connectivity index (χ4v) is 3.51. The van der Waals surface area contributed by atoms with E-state index in [1.54, 1.807) is 12.1 Å². The predicted octanol–water partition coefficient (Wildman–Crippen LogP) is 4.15. The van der Waals surface area contributed by atoms with Crippen LogP contribution in [0.3, 0.4) is 0 Å². The van der Waals surface area contributed by atoms with Crippen LogP contribution in [0.2, 0.25) is 0 Å². The fraction of sp³-hybridized carbons (Fsp3) is 0.333. The van der Waals surface area contributed by atoms with Crippen molar-refractivity contribution < 1.29 is 8.42 Å². The molecule has 2 aromatic carbocycles. The average Bonchev–Trinajstić information content (AvgIpc) is 2.52. The minimum absolute atomic E-state index is 0.164. The minimum atomic E-state index is -3.24. The van der Waals surface area contributed by atoms with E-state index >= 15 is 0 Å². The first-order chi connectivity index (χ1) is 11.0. The second-order valence-electron chi connectivity index (χ2n) is 5.69. The van der Waals surface area contributed by atoms with Crippen molar-refractivity contribution in [3.63, 3.8) is 0 Å². The molecule has 0 fully saturated rings. The lowest BCUT2D eigenvalue weighted by atomic mass is 10.1. The Hall–Kier alpha value is -2.01. The summed E-state index contributed by atoms with van der Waals surface area (Å²) in [6, 6.07) is 15.7. The molecule has 5 heteroatoms. The van der Waals surface area contributed by atoms with E-state index in [4.69, 9.17) is 0 Å². The molecule has 23 heavy (non-hydrogen) atoms. The molecule has 0 atom stereocenters. The highest BCUT2D eigenvalue weighted by molar-refractivity contribution is 7.92. The maximum absolute atomic E-state index is 11.9. The molecule has 2 rings (SSSR count). The Morgan fingerprint density at radius 1 is 1.00 bits per heavy atom. The van der Waals surface area contributed by atoms with Gasteiger partial charge in [0, 0.05) is 17.9 Å². The van der Waals surface area contributed by atoms with Crippen molar-refractivity contribution in [2.24, 2.45) is 0 Å². The smallest absolute Gasteiger partial charge is 0.232 e. The summed E-state index contributed by atoms with van der Waals surface area (Å²) < 4.78 is 26.3. The first-order valence-corrected chi connectivity index (χ1v) is 9.54. The van der Waals surface area contributed by atoms with Crippen molar-refractivity contribution in [2.45, 2.75) is 33.2 Å². The first kappa shape index (κ1) is 17.3. The van der Waals surface area contributed by atoms with Crippen molar-refractivity contribution in [1.82, 2.24) is 0 Å². The van der Waals surface area contributed by atoms with Gasteiger partial charge in [-0.15, -0.1) is 0 Å². The van der Waals surface area contributed by atoms with Gasteiger partial charge in [0.1, 0.15) is 0 Å². The summed E-state index contributed by atoms with van der Waals surface area (Å²) in [5.41, 5.74) is 4.01. The van der Waals surface area contributed by atoms with Crippen LogP contribution in [0.1, 0.15) is 30.9 Å². The van der Waals surface area contributed by atoms with Gasteiger partial charge in [-0.05, 0) is 43.2 Å². The van der Waals surface area contributed by atoms with E-state index in [1.807, 2.05) is 25.1 Å². The topological polar surface area (TPSA) is 58.2 Å². The van der Waals surface area contributed by atoms with Crippen molar-refractivity contribution in [3.05, 3.63) is 59.7 Å². The molecule has 0 aliphatic rings. The van der Waals surface area contributed by atoms with E-state index in [-0.39, 0.29) is 5.75 Å². The fourth-order valence-electron chi connectivity index (χ4n) is 2.25. The molecule has 0 saturated heterocycles. The number of hydrogen-bond donors (Lipinski definition) is 2. The third-order valence-corrected chi connectivity index (χ3v) is 4.88. The quantitative estimate of drug-likeness (QED) is 0.763. The third-order valence-electron chi connectivity index (χ3n) is 3.50. The predicted molar refractivity (Wildman–Crippen MR) is 97.3 cm³/mol. The average molecular weight is 332 g/mol. The van der Waals surface area contributed by atoms with Crippen molar-refractivity contribution in [2.75, 3.05) is 15.8 Å². The number of nitrogens with one attached hydrogen (secondary N) is 2. The lowest BCUT2D eigenvalue weighted by Gasteiger charge is -2.10. The Morgan fingerprint density at radius 2 is 1.70 bits per heavy atom. The number of aryl methyl sites for hydroxylation is 1. The van der Waals surface area contributed by atoms with Gasteiger partial charge >= 0.3 is 0 Å². The zero-order valence-electron chi connectivity index (χ0n) is 13.7. The molecule has 0 bridgehead atoms. The summed E-state index contributed by atoms with van der Waals surface area (Å²) in [5.74, 6) is 0.164. The normalized spacial score (nSPS) is 11.2. The summed E-state index contributed by atoms with van der Waals surface area (Å²) in [6.07, 6.45) is 1.54. The molecule has 2 aromatic rings. The lowest BCUT2D eigenvalue weighted by molar-refractivity contribution is 0.598. The van der Waals surface area contributed by atoms with Crippen LogP contribution in [0, 0.1) is 6.92 Å². The summed E-state index contributed by atoms with van der Waals surface area (Å²) in [6.45, 7) is 4.79. The van der Waals surface area contributed by atoms with Gasteiger partial charge in [-0.1, -0.05) is 43.2 Å². The maximum atomic E-state index is 11.9. The first-order valence-electron chi connectivity index (χ1n) is 7.88. The van der Waals surface area contributed by atoms with Gasteiger partial charge in [-0.3, -0.25) is 4.72 Å². The Bertz CT molecular complexity index is 725. The Labute approximate surface area is 139 Å². The van der Waals surface area contributed by atoms with Crippen LogP contribution < -0.4 is 10.0 Å². The van der Waals surface area contributed by atoms with Crippen molar-refractivity contribution in [1.29, 1.82) is 0 Å². The molecule has 4 nitrogen and oxygen atoms in total. The summed E-state index contributed by atoms with van der Waals surface area (Å²) >= 11 is 0. The van der Waals surface area contributed by atoms with Crippen LogP contribution in [0.5, 0.6) is 0 Å². The number of benzene rings is 2. The molecule has 0 aromatic heterocycles. The van der Waals surface area contributed by atoms with E-state index in [0.29, 0.717) is 12.1 Å². The lowest BCUT2D eigenvalue weighted by Crippen LogP contribution is -2.16. The maximum Gasteiger partial charge on any atom is 0.232 e. The monoisotopic (exact) mass is 332 g/mol. The molecule has 0 heterocycles. The number of anilines is 2. The van der Waals surface area contributed by atoms with Gasteiger partial charge in [0.2, 0.25) is 10.0 Å². The number of unbranched alkanes of at least 4 members (excludes halogenated alkanes) is 1. The molecule has 0 aliphatic heterocycles. The largest absolute Gasteiger partial charge is 0.381 e. The summed E-state index contributed by atoms with van der Waals surface area (Å²) in [5, 5.41) is 3.34. The molecule has 0 unspecified atom stereocenters. The highest BCUT2D eigenvalue weighted by Crippen LogP contribution is 2.16. The van der Waals surface area contributed by atoms with Gasteiger partial charge in [0.05, 0.1) is 5.75 Å². The standard InChI is InChI=1S/C18H24N2O2S/c1-3-4-12-23(21,22)20-18-10-8-17(9-11-18)19-14-16-7-5-6-15(2)13-16/h5-11,13,19-20H,3-4,12,14H2,1-2H3. The molecule has 0 aliphatic carbocycles. The van der Waals surface area contributed by atoms with E-state index in [9.17, 15) is 8.42 Å². The SMILES string of the molecule is CCCCS(=O)(=O)Nc1ccc(NCc2cccc(C)c2)cc1. The van der Waals surface area contributed by atoms with Crippen LogP contribution >= 0.6 is 0 Å². The molecular formula is C18H24N2O2S. The molecule has 124 valence electrons. The van der Waals surface area contributed by atoms with E-state index in [1.165, 1.54) is 11.1 Å². The van der Waals surface area contributed by atoms with Crippen LogP contribution in [-0.4, -0.2) is 14.2 Å². The van der Waals surface area contributed by atoms with Crippen molar-refractivity contribution in [3.8, 4) is 0 Å². The van der Waals surface area contributed by atoms with Crippen LogP contribution in [-0.2, 0) is 16.6 Å². The Morgan fingerprint density at radius 3 is 2.35 bits per heavy atom. The Balaban J connectivity index is 1.92. The summed E-state index contributed by atoms with van der Waals surface area (Å²) in [7, 11) is -3.24. The highest BCUT2D eigenvalue weighted by Gasteiger charge is 2.09. The van der Waals surface area contributed by atoms with Crippen LogP contribution in [0.15, 0.2) is 48.5 Å². The van der Waals surface area contributed by atoms with Crippen LogP contribution in [0.25, 0.3) is 0 Å². The molecule has 0 amide bonds. The molecule has 2 N–H and O–H groups in total. The number of rotatable bonds is 8. The Kier molecular flexibility index (Phi) is 6.04. The third kappa shape index (κ3) is 5.94. The van der Waals surface area contributed by atoms with Gasteiger partial charge in [0.15, 0.2) is 0 Å². The van der Waals surface area contributed by atoms with Crippen molar-refractivity contribution >= 4 is 21.4 Å².